The molecule has 3 rings (SSSR count). The Kier molecular flexibility index (Phi) is 4.19. The molecule has 2 heterocycles. The summed E-state index contributed by atoms with van der Waals surface area (Å²) in [5.41, 5.74) is 4.23. The predicted octanol–water partition coefficient (Wildman–Crippen LogP) is 3.30. The van der Waals surface area contributed by atoms with Crippen molar-refractivity contribution in [2.24, 2.45) is 0 Å². The molecule has 0 radical (unpaired) electrons. The van der Waals surface area contributed by atoms with Gasteiger partial charge in [-0.2, -0.15) is 0 Å². The van der Waals surface area contributed by atoms with Gasteiger partial charge in [-0.05, 0) is 30.2 Å². The Morgan fingerprint density at radius 3 is 2.60 bits per heavy atom. The van der Waals surface area contributed by atoms with Gasteiger partial charge in [0, 0.05) is 25.2 Å². The van der Waals surface area contributed by atoms with Crippen molar-refractivity contribution >= 4 is 0 Å². The van der Waals surface area contributed by atoms with E-state index in [1.54, 1.807) is 0 Å². The van der Waals surface area contributed by atoms with E-state index in [-0.39, 0.29) is 0 Å². The van der Waals surface area contributed by atoms with Crippen molar-refractivity contribution in [2.45, 2.75) is 39.5 Å². The molecule has 1 aromatic heterocycles. The van der Waals surface area contributed by atoms with Gasteiger partial charge in [0.1, 0.15) is 5.76 Å². The van der Waals surface area contributed by atoms with Crippen LogP contribution in [0.25, 0.3) is 0 Å². The minimum Gasteiger partial charge on any atom is -0.468 e. The number of nitrogens with zero attached hydrogens (tertiary/aromatic N) is 1. The predicted molar refractivity (Wildman–Crippen MR) is 80.1 cm³/mol. The third-order valence-corrected chi connectivity index (χ3v) is 3.85. The highest BCUT2D eigenvalue weighted by Crippen LogP contribution is 2.25. The van der Waals surface area contributed by atoms with Gasteiger partial charge in [-0.3, -0.25) is 4.90 Å². The van der Waals surface area contributed by atoms with Gasteiger partial charge in [0.25, 0.3) is 0 Å². The number of hydrogen-bond donors (Lipinski definition) is 1. The fourth-order valence-corrected chi connectivity index (χ4v) is 2.80. The van der Waals surface area contributed by atoms with Crippen LogP contribution in [0.5, 0.6) is 0 Å². The summed E-state index contributed by atoms with van der Waals surface area (Å²) in [4.78, 5) is 2.47. The lowest BCUT2D eigenvalue weighted by Crippen LogP contribution is -2.18. The average Bonchev–Trinajstić information content (AvgIpc) is 3.06. The summed E-state index contributed by atoms with van der Waals surface area (Å²) in [5, 5.41) is 3.41. The molecule has 2 aromatic rings. The van der Waals surface area contributed by atoms with E-state index in [9.17, 15) is 0 Å². The Morgan fingerprint density at radius 1 is 1.15 bits per heavy atom. The maximum absolute atomic E-state index is 5.61. The summed E-state index contributed by atoms with van der Waals surface area (Å²) in [7, 11) is 0. The summed E-state index contributed by atoms with van der Waals surface area (Å²) in [6.45, 7) is 7.10. The molecule has 0 bridgehead atoms. The van der Waals surface area contributed by atoms with Gasteiger partial charge in [-0.1, -0.05) is 31.2 Å². The van der Waals surface area contributed by atoms with Crippen LogP contribution in [0.1, 0.15) is 35.8 Å². The monoisotopic (exact) mass is 270 g/mol. The van der Waals surface area contributed by atoms with Crippen LogP contribution in [0.15, 0.2) is 41.0 Å². The third-order valence-electron chi connectivity index (χ3n) is 3.85. The normalized spacial score (nSPS) is 14.7. The second-order valence-corrected chi connectivity index (χ2v) is 5.46. The van der Waals surface area contributed by atoms with Gasteiger partial charge >= 0.3 is 0 Å². The number of rotatable bonds is 6. The van der Waals surface area contributed by atoms with Gasteiger partial charge in [0.2, 0.25) is 0 Å². The van der Waals surface area contributed by atoms with E-state index in [4.69, 9.17) is 4.42 Å². The minimum absolute atomic E-state index is 0.830. The molecule has 1 N–H and O–H groups in total. The van der Waals surface area contributed by atoms with Gasteiger partial charge in [-0.25, -0.2) is 0 Å². The number of fused-ring (bicyclic) bond motifs is 1. The Hall–Kier alpha value is -1.58. The second kappa shape index (κ2) is 6.25. The summed E-state index contributed by atoms with van der Waals surface area (Å²) >= 11 is 0. The zero-order valence-electron chi connectivity index (χ0n) is 12.1. The highest BCUT2D eigenvalue weighted by atomic mass is 16.3. The van der Waals surface area contributed by atoms with E-state index in [0.717, 1.165) is 44.9 Å². The van der Waals surface area contributed by atoms with Gasteiger partial charge in [0.05, 0.1) is 12.8 Å². The minimum atomic E-state index is 0.830. The molecule has 0 saturated heterocycles. The second-order valence-electron chi connectivity index (χ2n) is 5.46. The SMILES string of the molecule is CCCNCc1occc1CN1Cc2ccccc2C1. The number of hydrogen-bond acceptors (Lipinski definition) is 3. The number of nitrogens with one attached hydrogen (secondary N) is 1. The van der Waals surface area contributed by atoms with E-state index in [1.165, 1.54) is 16.7 Å². The van der Waals surface area contributed by atoms with Crippen LogP contribution in [0.3, 0.4) is 0 Å². The van der Waals surface area contributed by atoms with Gasteiger partial charge in [-0.15, -0.1) is 0 Å². The lowest BCUT2D eigenvalue weighted by Gasteiger charge is -2.14. The first-order chi connectivity index (χ1) is 9.86. The molecule has 0 spiro atoms. The van der Waals surface area contributed by atoms with Crippen molar-refractivity contribution in [3.8, 4) is 0 Å². The molecular weight excluding hydrogens is 248 g/mol. The molecule has 3 heteroatoms. The van der Waals surface area contributed by atoms with Gasteiger partial charge < -0.3 is 9.73 Å². The quantitative estimate of drug-likeness (QED) is 0.816. The highest BCUT2D eigenvalue weighted by Gasteiger charge is 2.19. The summed E-state index contributed by atoms with van der Waals surface area (Å²) in [6, 6.07) is 10.8. The van der Waals surface area contributed by atoms with Crippen molar-refractivity contribution in [2.75, 3.05) is 6.54 Å². The summed E-state index contributed by atoms with van der Waals surface area (Å²) < 4.78 is 5.61. The highest BCUT2D eigenvalue weighted by molar-refractivity contribution is 5.30. The van der Waals surface area contributed by atoms with Crippen LogP contribution in [-0.2, 0) is 26.2 Å². The van der Waals surface area contributed by atoms with Crippen LogP contribution < -0.4 is 5.32 Å². The Labute approximate surface area is 120 Å². The molecule has 0 aliphatic carbocycles. The van der Waals surface area contributed by atoms with Crippen LogP contribution >= 0.6 is 0 Å². The molecule has 0 amide bonds. The molecule has 0 atom stereocenters. The molecule has 3 nitrogen and oxygen atoms in total. The zero-order chi connectivity index (χ0) is 13.8. The molecule has 106 valence electrons. The first-order valence-electron chi connectivity index (χ1n) is 7.42. The number of benzene rings is 1. The third kappa shape index (κ3) is 2.94. The maximum Gasteiger partial charge on any atom is 0.122 e. The molecule has 0 unspecified atom stereocenters. The van der Waals surface area contributed by atoms with Crippen LogP contribution in [0, 0.1) is 0 Å². The zero-order valence-corrected chi connectivity index (χ0v) is 12.1. The Morgan fingerprint density at radius 2 is 1.90 bits per heavy atom. The summed E-state index contributed by atoms with van der Waals surface area (Å²) in [5.74, 6) is 1.08. The van der Waals surface area contributed by atoms with Crippen molar-refractivity contribution in [3.63, 3.8) is 0 Å². The topological polar surface area (TPSA) is 28.4 Å². The largest absolute Gasteiger partial charge is 0.468 e. The fraction of sp³-hybridized carbons (Fsp3) is 0.412. The van der Waals surface area contributed by atoms with Crippen LogP contribution in [-0.4, -0.2) is 11.4 Å². The van der Waals surface area contributed by atoms with E-state index >= 15 is 0 Å². The molecule has 20 heavy (non-hydrogen) atoms. The van der Waals surface area contributed by atoms with Crippen molar-refractivity contribution in [1.82, 2.24) is 10.2 Å². The lowest BCUT2D eigenvalue weighted by molar-refractivity contribution is 0.272. The summed E-state index contributed by atoms with van der Waals surface area (Å²) in [6.07, 6.45) is 2.96. The standard InChI is InChI=1S/C17H22N2O/c1-2-8-18-10-17-16(7-9-20-17)13-19-11-14-5-3-4-6-15(14)12-19/h3-7,9,18H,2,8,10-13H2,1H3. The lowest BCUT2D eigenvalue weighted by atomic mass is 10.1. The maximum atomic E-state index is 5.61. The number of furan rings is 1. The first kappa shape index (κ1) is 13.4. The van der Waals surface area contributed by atoms with E-state index in [0.29, 0.717) is 0 Å². The molecule has 1 aliphatic heterocycles. The average molecular weight is 270 g/mol. The Balaban J connectivity index is 1.61. The smallest absolute Gasteiger partial charge is 0.122 e. The molecule has 1 aliphatic rings. The fourth-order valence-electron chi connectivity index (χ4n) is 2.80. The van der Waals surface area contributed by atoms with Crippen LogP contribution in [0.2, 0.25) is 0 Å². The van der Waals surface area contributed by atoms with Crippen molar-refractivity contribution in [1.29, 1.82) is 0 Å². The molecule has 0 saturated carbocycles. The Bertz CT molecular complexity index is 537. The van der Waals surface area contributed by atoms with E-state index in [1.807, 2.05) is 6.26 Å². The molecule has 0 fully saturated rings. The molecule has 1 aromatic carbocycles. The first-order valence-corrected chi connectivity index (χ1v) is 7.42. The van der Waals surface area contributed by atoms with E-state index < -0.39 is 0 Å². The van der Waals surface area contributed by atoms with Gasteiger partial charge in [0.15, 0.2) is 0 Å². The molecular formula is C17H22N2O. The van der Waals surface area contributed by atoms with Crippen LogP contribution in [0.4, 0.5) is 0 Å². The van der Waals surface area contributed by atoms with Crippen molar-refractivity contribution < 1.29 is 4.42 Å². The van der Waals surface area contributed by atoms with E-state index in [2.05, 4.69) is 47.5 Å². The van der Waals surface area contributed by atoms with Crippen molar-refractivity contribution in [3.05, 3.63) is 59.0 Å².